The van der Waals surface area contributed by atoms with E-state index in [2.05, 4.69) is 0 Å². The van der Waals surface area contributed by atoms with Crippen molar-refractivity contribution in [2.75, 3.05) is 13.6 Å². The summed E-state index contributed by atoms with van der Waals surface area (Å²) in [5.41, 5.74) is 1.44. The minimum Gasteiger partial charge on any atom is -0.507 e. The summed E-state index contributed by atoms with van der Waals surface area (Å²) in [6.45, 7) is 4.55. The molecule has 0 fully saturated rings. The molecule has 1 N–H and O–H groups in total. The fourth-order valence-corrected chi connectivity index (χ4v) is 1.32. The molecule has 0 radical (unpaired) electrons. The molecule has 1 amide bonds. The number of aryl methyl sites for hydroxylation is 1. The number of amides is 1. The summed E-state index contributed by atoms with van der Waals surface area (Å²) in [5, 5.41) is 9.60. The standard InChI is InChI=1S/C12H17NO2/c1-4-9-6-7-11(14)10(8-9)12(15)13(3)5-2/h6-8,14H,4-5H2,1-3H3. The average Bonchev–Trinajstić information content (AvgIpc) is 2.27. The van der Waals surface area contributed by atoms with Crippen molar-refractivity contribution in [2.45, 2.75) is 20.3 Å². The normalized spacial score (nSPS) is 10.1. The maximum atomic E-state index is 11.8. The molecule has 0 aliphatic rings. The van der Waals surface area contributed by atoms with Crippen LogP contribution in [-0.4, -0.2) is 29.5 Å². The number of benzene rings is 1. The fraction of sp³-hybridized carbons (Fsp3) is 0.417. The zero-order valence-corrected chi connectivity index (χ0v) is 9.45. The van der Waals surface area contributed by atoms with Gasteiger partial charge in [-0.25, -0.2) is 0 Å². The summed E-state index contributed by atoms with van der Waals surface area (Å²) in [5.74, 6) is -0.0807. The van der Waals surface area contributed by atoms with Crippen LogP contribution in [0.3, 0.4) is 0 Å². The predicted octanol–water partition coefficient (Wildman–Crippen LogP) is 2.05. The Bertz CT molecular complexity index is 361. The molecule has 0 aliphatic heterocycles. The summed E-state index contributed by atoms with van der Waals surface area (Å²) < 4.78 is 0. The van der Waals surface area contributed by atoms with Gasteiger partial charge in [0.25, 0.3) is 5.91 Å². The third kappa shape index (κ3) is 2.49. The van der Waals surface area contributed by atoms with Gasteiger partial charge in [0.05, 0.1) is 5.56 Å². The van der Waals surface area contributed by atoms with E-state index in [9.17, 15) is 9.90 Å². The first kappa shape index (κ1) is 11.6. The van der Waals surface area contributed by atoms with Gasteiger partial charge >= 0.3 is 0 Å². The highest BCUT2D eigenvalue weighted by molar-refractivity contribution is 5.96. The maximum Gasteiger partial charge on any atom is 0.257 e. The Morgan fingerprint density at radius 1 is 1.40 bits per heavy atom. The van der Waals surface area contributed by atoms with E-state index in [1.165, 1.54) is 0 Å². The van der Waals surface area contributed by atoms with Crippen LogP contribution in [0.5, 0.6) is 5.75 Å². The zero-order valence-electron chi connectivity index (χ0n) is 9.45. The summed E-state index contributed by atoms with van der Waals surface area (Å²) in [6.07, 6.45) is 0.858. The maximum absolute atomic E-state index is 11.8. The van der Waals surface area contributed by atoms with E-state index >= 15 is 0 Å². The second-order valence-corrected chi connectivity index (χ2v) is 3.52. The molecule has 15 heavy (non-hydrogen) atoms. The molecule has 1 aromatic rings. The molecule has 1 aromatic carbocycles. The Morgan fingerprint density at radius 3 is 2.60 bits per heavy atom. The number of carbonyl (C=O) groups excluding carboxylic acids is 1. The van der Waals surface area contributed by atoms with Gasteiger partial charge in [0, 0.05) is 13.6 Å². The van der Waals surface area contributed by atoms with E-state index in [1.54, 1.807) is 24.1 Å². The number of nitrogens with zero attached hydrogens (tertiary/aromatic N) is 1. The Kier molecular flexibility index (Phi) is 3.72. The van der Waals surface area contributed by atoms with E-state index in [4.69, 9.17) is 0 Å². The zero-order chi connectivity index (χ0) is 11.4. The summed E-state index contributed by atoms with van der Waals surface area (Å²) in [6, 6.07) is 5.16. The topological polar surface area (TPSA) is 40.5 Å². The molecule has 0 spiro atoms. The van der Waals surface area contributed by atoms with Crippen LogP contribution in [-0.2, 0) is 6.42 Å². The van der Waals surface area contributed by atoms with E-state index in [-0.39, 0.29) is 11.7 Å². The fourth-order valence-electron chi connectivity index (χ4n) is 1.32. The second kappa shape index (κ2) is 4.82. The molecule has 82 valence electrons. The van der Waals surface area contributed by atoms with Crippen LogP contribution >= 0.6 is 0 Å². The van der Waals surface area contributed by atoms with Gasteiger partial charge in [-0.3, -0.25) is 4.79 Å². The van der Waals surface area contributed by atoms with Crippen molar-refractivity contribution in [2.24, 2.45) is 0 Å². The minimum absolute atomic E-state index is 0.0532. The number of carbonyl (C=O) groups is 1. The minimum atomic E-state index is -0.134. The van der Waals surface area contributed by atoms with Crippen molar-refractivity contribution in [1.29, 1.82) is 0 Å². The van der Waals surface area contributed by atoms with Gasteiger partial charge in [0.15, 0.2) is 0 Å². The number of hydrogen-bond acceptors (Lipinski definition) is 2. The van der Waals surface area contributed by atoms with Crippen molar-refractivity contribution >= 4 is 5.91 Å². The van der Waals surface area contributed by atoms with Crippen LogP contribution in [0.1, 0.15) is 29.8 Å². The molecular weight excluding hydrogens is 190 g/mol. The first-order chi connectivity index (χ1) is 7.10. The molecule has 0 heterocycles. The predicted molar refractivity (Wildman–Crippen MR) is 60.1 cm³/mol. The molecule has 3 heteroatoms. The molecule has 0 atom stereocenters. The van der Waals surface area contributed by atoms with Crippen molar-refractivity contribution < 1.29 is 9.90 Å². The SMILES string of the molecule is CCc1ccc(O)c(C(=O)N(C)CC)c1. The van der Waals surface area contributed by atoms with Gasteiger partial charge in [-0.15, -0.1) is 0 Å². The molecule has 0 saturated carbocycles. The molecule has 0 saturated heterocycles. The van der Waals surface area contributed by atoms with Crippen LogP contribution in [0.4, 0.5) is 0 Å². The Morgan fingerprint density at radius 2 is 2.07 bits per heavy atom. The summed E-state index contributed by atoms with van der Waals surface area (Å²) in [7, 11) is 1.72. The number of hydrogen-bond donors (Lipinski definition) is 1. The van der Waals surface area contributed by atoms with Crippen molar-refractivity contribution in [3.63, 3.8) is 0 Å². The number of phenols is 1. The quantitative estimate of drug-likeness (QED) is 0.824. The largest absolute Gasteiger partial charge is 0.507 e. The Balaban J connectivity index is 3.07. The van der Waals surface area contributed by atoms with Crippen LogP contribution in [0.2, 0.25) is 0 Å². The lowest BCUT2D eigenvalue weighted by atomic mass is 10.1. The summed E-state index contributed by atoms with van der Waals surface area (Å²) >= 11 is 0. The van der Waals surface area contributed by atoms with E-state index in [0.717, 1.165) is 12.0 Å². The van der Waals surface area contributed by atoms with Crippen molar-refractivity contribution in [3.8, 4) is 5.75 Å². The van der Waals surface area contributed by atoms with Gasteiger partial charge < -0.3 is 10.0 Å². The van der Waals surface area contributed by atoms with E-state index < -0.39 is 0 Å². The lowest BCUT2D eigenvalue weighted by Crippen LogP contribution is -2.26. The highest BCUT2D eigenvalue weighted by Crippen LogP contribution is 2.20. The highest BCUT2D eigenvalue weighted by Gasteiger charge is 2.14. The molecule has 3 nitrogen and oxygen atoms in total. The van der Waals surface area contributed by atoms with Crippen molar-refractivity contribution in [1.82, 2.24) is 4.90 Å². The molecule has 0 bridgehead atoms. The first-order valence-electron chi connectivity index (χ1n) is 5.17. The van der Waals surface area contributed by atoms with Gasteiger partial charge in [-0.2, -0.15) is 0 Å². The molecule has 0 aromatic heterocycles. The van der Waals surface area contributed by atoms with Crippen LogP contribution in [0, 0.1) is 0 Å². The van der Waals surface area contributed by atoms with E-state index in [0.29, 0.717) is 12.1 Å². The number of rotatable bonds is 3. The van der Waals surface area contributed by atoms with Gasteiger partial charge in [0.1, 0.15) is 5.75 Å². The Labute approximate surface area is 90.3 Å². The van der Waals surface area contributed by atoms with Crippen LogP contribution in [0.15, 0.2) is 18.2 Å². The number of phenolic OH excluding ortho intramolecular Hbond substituents is 1. The average molecular weight is 207 g/mol. The highest BCUT2D eigenvalue weighted by atomic mass is 16.3. The van der Waals surface area contributed by atoms with Crippen LogP contribution < -0.4 is 0 Å². The van der Waals surface area contributed by atoms with Crippen molar-refractivity contribution in [3.05, 3.63) is 29.3 Å². The second-order valence-electron chi connectivity index (χ2n) is 3.52. The smallest absolute Gasteiger partial charge is 0.257 e. The van der Waals surface area contributed by atoms with Gasteiger partial charge in [-0.05, 0) is 31.0 Å². The molecule has 1 rings (SSSR count). The summed E-state index contributed by atoms with van der Waals surface area (Å²) in [4.78, 5) is 13.4. The molecule has 0 unspecified atom stereocenters. The molecule has 0 aliphatic carbocycles. The van der Waals surface area contributed by atoms with Gasteiger partial charge in [-0.1, -0.05) is 13.0 Å². The molecular formula is C12H17NO2. The Hall–Kier alpha value is -1.51. The number of aromatic hydroxyl groups is 1. The third-order valence-electron chi connectivity index (χ3n) is 2.52. The third-order valence-corrected chi connectivity index (χ3v) is 2.52. The lowest BCUT2D eigenvalue weighted by molar-refractivity contribution is 0.0799. The first-order valence-corrected chi connectivity index (χ1v) is 5.17. The lowest BCUT2D eigenvalue weighted by Gasteiger charge is -2.15. The van der Waals surface area contributed by atoms with Crippen LogP contribution in [0.25, 0.3) is 0 Å². The van der Waals surface area contributed by atoms with E-state index in [1.807, 2.05) is 19.9 Å². The van der Waals surface area contributed by atoms with Gasteiger partial charge in [0.2, 0.25) is 0 Å². The monoisotopic (exact) mass is 207 g/mol.